The van der Waals surface area contributed by atoms with Crippen LogP contribution in [0.5, 0.6) is 0 Å². The van der Waals surface area contributed by atoms with E-state index in [9.17, 15) is 0 Å². The Morgan fingerprint density at radius 1 is 1.33 bits per heavy atom. The molecular formula is C18H21N5S. The number of hydrogen-bond acceptors (Lipinski definition) is 5. The van der Waals surface area contributed by atoms with Crippen molar-refractivity contribution in [1.82, 2.24) is 20.8 Å². The first-order chi connectivity index (χ1) is 11.7. The number of H-pyrrole nitrogens is 1. The van der Waals surface area contributed by atoms with Crippen LogP contribution in [0.15, 0.2) is 23.8 Å². The van der Waals surface area contributed by atoms with E-state index < -0.39 is 0 Å². The van der Waals surface area contributed by atoms with Gasteiger partial charge >= 0.3 is 0 Å². The average molecular weight is 339 g/mol. The summed E-state index contributed by atoms with van der Waals surface area (Å²) < 4.78 is 0. The van der Waals surface area contributed by atoms with Crippen LogP contribution in [-0.2, 0) is 0 Å². The number of rotatable bonds is 2. The van der Waals surface area contributed by atoms with E-state index in [0.717, 1.165) is 39.3 Å². The van der Waals surface area contributed by atoms with E-state index >= 15 is 0 Å². The Kier molecular flexibility index (Phi) is 3.18. The van der Waals surface area contributed by atoms with E-state index in [1.54, 1.807) is 11.3 Å². The number of hydrogen-bond donors (Lipinski definition) is 3. The van der Waals surface area contributed by atoms with Gasteiger partial charge in [-0.2, -0.15) is 5.10 Å². The Morgan fingerprint density at radius 2 is 2.25 bits per heavy atom. The van der Waals surface area contributed by atoms with Crippen molar-refractivity contribution in [3.8, 4) is 10.4 Å². The number of thiophene rings is 1. The van der Waals surface area contributed by atoms with Crippen molar-refractivity contribution in [2.45, 2.75) is 44.7 Å². The van der Waals surface area contributed by atoms with Crippen LogP contribution in [-0.4, -0.2) is 28.1 Å². The van der Waals surface area contributed by atoms with Crippen LogP contribution in [0.3, 0.4) is 0 Å². The first-order valence-electron chi connectivity index (χ1n) is 8.64. The summed E-state index contributed by atoms with van der Waals surface area (Å²) in [7, 11) is 0. The lowest BCUT2D eigenvalue weighted by atomic mass is 10.0. The SMILES string of the molecule is C=C1NC(C2C[C@@H]3CCC[C@@H]3N2)=Nc2cc(-c3cn[nH]c3C)sc21. The first kappa shape index (κ1) is 14.4. The van der Waals surface area contributed by atoms with E-state index in [1.807, 2.05) is 13.1 Å². The molecular weight excluding hydrogens is 318 g/mol. The molecule has 1 saturated heterocycles. The summed E-state index contributed by atoms with van der Waals surface area (Å²) in [6, 6.07) is 3.18. The monoisotopic (exact) mass is 339 g/mol. The van der Waals surface area contributed by atoms with Crippen molar-refractivity contribution in [3.05, 3.63) is 29.4 Å². The van der Waals surface area contributed by atoms with Gasteiger partial charge in [-0.1, -0.05) is 13.0 Å². The fourth-order valence-corrected chi connectivity index (χ4v) is 5.39. The minimum Gasteiger partial charge on any atom is -0.342 e. The number of fused-ring (bicyclic) bond motifs is 2. The van der Waals surface area contributed by atoms with Gasteiger partial charge in [-0.15, -0.1) is 11.3 Å². The highest BCUT2D eigenvalue weighted by Crippen LogP contribution is 2.42. The molecule has 3 aliphatic rings. The maximum Gasteiger partial charge on any atom is 0.124 e. The molecule has 5 nitrogen and oxygen atoms in total. The second-order valence-electron chi connectivity index (χ2n) is 7.09. The fourth-order valence-electron chi connectivity index (χ4n) is 4.30. The molecule has 3 atom stereocenters. The molecule has 0 amide bonds. The maximum atomic E-state index is 4.93. The predicted molar refractivity (Wildman–Crippen MR) is 98.6 cm³/mol. The predicted octanol–water partition coefficient (Wildman–Crippen LogP) is 3.58. The van der Waals surface area contributed by atoms with Gasteiger partial charge in [-0.05, 0) is 38.2 Å². The van der Waals surface area contributed by atoms with E-state index in [4.69, 9.17) is 4.99 Å². The number of aromatic amines is 1. The molecule has 5 rings (SSSR count). The van der Waals surface area contributed by atoms with Crippen molar-refractivity contribution in [2.24, 2.45) is 10.9 Å². The van der Waals surface area contributed by atoms with Gasteiger partial charge in [-0.25, -0.2) is 4.99 Å². The molecule has 1 unspecified atom stereocenters. The van der Waals surface area contributed by atoms with Crippen molar-refractivity contribution in [1.29, 1.82) is 0 Å². The first-order valence-corrected chi connectivity index (χ1v) is 9.46. The molecule has 0 radical (unpaired) electrons. The molecule has 0 spiro atoms. The van der Waals surface area contributed by atoms with Gasteiger partial charge in [0, 0.05) is 22.2 Å². The molecule has 2 aromatic heterocycles. The molecule has 1 saturated carbocycles. The van der Waals surface area contributed by atoms with Gasteiger partial charge in [-0.3, -0.25) is 5.10 Å². The molecule has 24 heavy (non-hydrogen) atoms. The summed E-state index contributed by atoms with van der Waals surface area (Å²) in [6.07, 6.45) is 7.10. The lowest BCUT2D eigenvalue weighted by Crippen LogP contribution is -2.42. The summed E-state index contributed by atoms with van der Waals surface area (Å²) in [5, 5.41) is 14.4. The lowest BCUT2D eigenvalue weighted by Gasteiger charge is -2.22. The van der Waals surface area contributed by atoms with E-state index in [0.29, 0.717) is 12.1 Å². The highest BCUT2D eigenvalue weighted by Gasteiger charge is 2.39. The molecule has 2 fully saturated rings. The Labute approximate surface area is 145 Å². The van der Waals surface area contributed by atoms with Gasteiger partial charge in [0.15, 0.2) is 0 Å². The van der Waals surface area contributed by atoms with Gasteiger partial charge in [0.05, 0.1) is 28.5 Å². The van der Waals surface area contributed by atoms with Crippen LogP contribution in [0.25, 0.3) is 16.1 Å². The molecule has 1 aliphatic carbocycles. The van der Waals surface area contributed by atoms with Gasteiger partial charge in [0.1, 0.15) is 5.84 Å². The molecule has 6 heteroatoms. The summed E-state index contributed by atoms with van der Waals surface area (Å²) in [6.45, 7) is 6.28. The van der Waals surface area contributed by atoms with Crippen LogP contribution in [0, 0.1) is 12.8 Å². The minimum absolute atomic E-state index is 0.337. The lowest BCUT2D eigenvalue weighted by molar-refractivity contribution is 0.518. The van der Waals surface area contributed by atoms with Crippen LogP contribution in [0.2, 0.25) is 0 Å². The number of amidine groups is 1. The van der Waals surface area contributed by atoms with Crippen molar-refractivity contribution in [2.75, 3.05) is 0 Å². The summed E-state index contributed by atoms with van der Waals surface area (Å²) in [4.78, 5) is 7.25. The van der Waals surface area contributed by atoms with E-state index in [2.05, 4.69) is 33.5 Å². The van der Waals surface area contributed by atoms with Crippen LogP contribution >= 0.6 is 11.3 Å². The summed E-state index contributed by atoms with van der Waals surface area (Å²) in [5.41, 5.74) is 4.23. The second-order valence-corrected chi connectivity index (χ2v) is 8.14. The molecule has 124 valence electrons. The Hall–Kier alpha value is -1.92. The Bertz CT molecular complexity index is 833. The molecule has 0 aromatic carbocycles. The third kappa shape index (κ3) is 2.17. The highest BCUT2D eigenvalue weighted by molar-refractivity contribution is 7.17. The molecule has 2 aromatic rings. The van der Waals surface area contributed by atoms with Crippen LogP contribution < -0.4 is 10.6 Å². The largest absolute Gasteiger partial charge is 0.342 e. The topological polar surface area (TPSA) is 65.1 Å². The van der Waals surface area contributed by atoms with Gasteiger partial charge in [0.25, 0.3) is 0 Å². The zero-order valence-corrected chi connectivity index (χ0v) is 14.5. The van der Waals surface area contributed by atoms with Gasteiger partial charge < -0.3 is 10.6 Å². The fraction of sp³-hybridized carbons (Fsp3) is 0.444. The third-order valence-corrected chi connectivity index (χ3v) is 6.76. The standard InChI is InChI=1S/C18H21N5S/c1-9-12(8-19-23-9)16-7-14-17(24-16)10(2)20-18(22-14)15-6-11-4-3-5-13(11)21-15/h7-8,11,13,15,21H,2-6H2,1H3,(H,19,23)(H,20,22)/t11-,13-,15?/m0/s1. The zero-order valence-electron chi connectivity index (χ0n) is 13.7. The van der Waals surface area contributed by atoms with Crippen molar-refractivity contribution >= 4 is 28.6 Å². The van der Waals surface area contributed by atoms with Crippen LogP contribution in [0.1, 0.15) is 36.3 Å². The quantitative estimate of drug-likeness (QED) is 0.783. The number of aliphatic imine (C=N–C) groups is 1. The highest BCUT2D eigenvalue weighted by atomic mass is 32.1. The number of nitrogens with one attached hydrogen (secondary N) is 3. The minimum atomic E-state index is 0.337. The third-order valence-electron chi connectivity index (χ3n) is 5.54. The van der Waals surface area contributed by atoms with Crippen LogP contribution in [0.4, 0.5) is 5.69 Å². The van der Waals surface area contributed by atoms with Crippen molar-refractivity contribution in [3.63, 3.8) is 0 Å². The van der Waals surface area contributed by atoms with E-state index in [1.165, 1.54) is 30.6 Å². The number of nitrogens with zero attached hydrogens (tertiary/aromatic N) is 2. The Morgan fingerprint density at radius 3 is 3.04 bits per heavy atom. The molecule has 0 bridgehead atoms. The van der Waals surface area contributed by atoms with E-state index in [-0.39, 0.29) is 0 Å². The Balaban J connectivity index is 1.48. The summed E-state index contributed by atoms with van der Waals surface area (Å²) >= 11 is 1.73. The van der Waals surface area contributed by atoms with Crippen molar-refractivity contribution < 1.29 is 0 Å². The van der Waals surface area contributed by atoms with Gasteiger partial charge in [0.2, 0.25) is 0 Å². The molecule has 4 heterocycles. The average Bonchev–Trinajstić information content (AvgIpc) is 3.28. The normalized spacial score (nSPS) is 28.5. The smallest absolute Gasteiger partial charge is 0.124 e. The number of aromatic nitrogens is 2. The summed E-state index contributed by atoms with van der Waals surface area (Å²) in [5.74, 6) is 1.86. The number of aryl methyl sites for hydroxylation is 1. The zero-order chi connectivity index (χ0) is 16.3. The maximum absolute atomic E-state index is 4.93. The molecule has 2 aliphatic heterocycles. The second kappa shape index (κ2) is 5.29. The molecule has 3 N–H and O–H groups in total.